The van der Waals surface area contributed by atoms with Crippen LogP contribution in [0.1, 0.15) is 22.1 Å². The van der Waals surface area contributed by atoms with Crippen LogP contribution in [-0.4, -0.2) is 30.3 Å². The van der Waals surface area contributed by atoms with Crippen molar-refractivity contribution in [2.45, 2.75) is 12.3 Å². The van der Waals surface area contributed by atoms with Gasteiger partial charge in [0.15, 0.2) is 11.5 Å². The Bertz CT molecular complexity index is 888. The van der Waals surface area contributed by atoms with Gasteiger partial charge in [-0.1, -0.05) is 23.7 Å². The number of halogens is 4. The van der Waals surface area contributed by atoms with Crippen LogP contribution in [0.25, 0.3) is 0 Å². The number of hydrogen-bond donors (Lipinski definition) is 1. The lowest BCUT2D eigenvalue weighted by atomic mass is 10.0. The zero-order valence-electron chi connectivity index (χ0n) is 13.1. The molecule has 0 fully saturated rings. The summed E-state index contributed by atoms with van der Waals surface area (Å²) in [6.45, 7) is -1.42. The second kappa shape index (κ2) is 5.98. The highest BCUT2D eigenvalue weighted by Crippen LogP contribution is 2.43. The van der Waals surface area contributed by atoms with Crippen LogP contribution in [0.15, 0.2) is 36.4 Å². The lowest BCUT2D eigenvalue weighted by molar-refractivity contribution is -0.144. The first-order chi connectivity index (χ1) is 12.3. The average Bonchev–Trinajstić information content (AvgIpc) is 3.05. The van der Waals surface area contributed by atoms with Crippen molar-refractivity contribution in [3.63, 3.8) is 0 Å². The summed E-state index contributed by atoms with van der Waals surface area (Å²) in [6.07, 6.45) is -5.60. The molecule has 0 unspecified atom stereocenters. The summed E-state index contributed by atoms with van der Waals surface area (Å²) in [7, 11) is 0. The number of alkyl halides is 3. The first kappa shape index (κ1) is 16.8. The fourth-order valence-corrected chi connectivity index (χ4v) is 3.33. The SMILES string of the molecule is O=C1c2ccccc2N[C@H](c2cc(Cl)c3c(c2)OCO3)N1CC(F)(F)F. The zero-order valence-corrected chi connectivity index (χ0v) is 13.9. The van der Waals surface area contributed by atoms with Crippen molar-refractivity contribution in [2.75, 3.05) is 18.7 Å². The van der Waals surface area contributed by atoms with Gasteiger partial charge < -0.3 is 19.7 Å². The Hall–Kier alpha value is -2.61. The smallest absolute Gasteiger partial charge is 0.406 e. The van der Waals surface area contributed by atoms with E-state index < -0.39 is 24.8 Å². The Balaban J connectivity index is 1.80. The molecule has 0 radical (unpaired) electrons. The molecule has 0 aliphatic carbocycles. The maximum absolute atomic E-state index is 13.1. The molecule has 2 aliphatic heterocycles. The molecule has 9 heteroatoms. The monoisotopic (exact) mass is 384 g/mol. The highest BCUT2D eigenvalue weighted by molar-refractivity contribution is 6.32. The van der Waals surface area contributed by atoms with E-state index in [1.807, 2.05) is 0 Å². The van der Waals surface area contributed by atoms with E-state index in [4.69, 9.17) is 21.1 Å². The molecule has 1 atom stereocenters. The number of benzene rings is 2. The minimum atomic E-state index is -4.55. The normalized spacial score (nSPS) is 18.5. The Labute approximate surface area is 151 Å². The number of para-hydroxylation sites is 1. The maximum atomic E-state index is 13.1. The van der Waals surface area contributed by atoms with Gasteiger partial charge in [0.1, 0.15) is 12.7 Å². The summed E-state index contributed by atoms with van der Waals surface area (Å²) in [6, 6.07) is 9.41. The number of fused-ring (bicyclic) bond motifs is 2. The van der Waals surface area contributed by atoms with Gasteiger partial charge in [0, 0.05) is 11.3 Å². The summed E-state index contributed by atoms with van der Waals surface area (Å²) in [5.74, 6) is -0.0524. The molecular formula is C17H12ClF3N2O3. The van der Waals surface area contributed by atoms with Crippen LogP contribution in [0, 0.1) is 0 Å². The molecule has 0 aromatic heterocycles. The quantitative estimate of drug-likeness (QED) is 0.843. The zero-order chi connectivity index (χ0) is 18.5. The fraction of sp³-hybridized carbons (Fsp3) is 0.235. The van der Waals surface area contributed by atoms with Crippen molar-refractivity contribution >= 4 is 23.2 Å². The van der Waals surface area contributed by atoms with Crippen LogP contribution in [0.2, 0.25) is 5.02 Å². The first-order valence-corrected chi connectivity index (χ1v) is 8.03. The Morgan fingerprint density at radius 1 is 1.23 bits per heavy atom. The lowest BCUT2D eigenvalue weighted by Gasteiger charge is -2.38. The molecule has 2 aromatic rings. The second-order valence-corrected chi connectivity index (χ2v) is 6.28. The molecule has 2 aliphatic rings. The van der Waals surface area contributed by atoms with Crippen LogP contribution >= 0.6 is 11.6 Å². The molecule has 0 spiro atoms. The van der Waals surface area contributed by atoms with Crippen LogP contribution < -0.4 is 14.8 Å². The molecule has 26 heavy (non-hydrogen) atoms. The molecule has 0 bridgehead atoms. The van der Waals surface area contributed by atoms with E-state index in [9.17, 15) is 18.0 Å². The lowest BCUT2D eigenvalue weighted by Crippen LogP contribution is -2.47. The van der Waals surface area contributed by atoms with Crippen LogP contribution in [-0.2, 0) is 0 Å². The molecule has 4 rings (SSSR count). The highest BCUT2D eigenvalue weighted by atomic mass is 35.5. The Kier molecular flexibility index (Phi) is 3.87. The van der Waals surface area contributed by atoms with Gasteiger partial charge in [0.2, 0.25) is 6.79 Å². The van der Waals surface area contributed by atoms with E-state index in [0.29, 0.717) is 22.7 Å². The van der Waals surface area contributed by atoms with Crippen molar-refractivity contribution in [1.82, 2.24) is 4.90 Å². The molecular weight excluding hydrogens is 373 g/mol. The standard InChI is InChI=1S/C17H12ClF3N2O3/c18-11-5-9(6-13-14(11)26-8-25-13)15-22-12-4-2-1-3-10(12)16(24)23(15)7-17(19,20)21/h1-6,15,22H,7-8H2/t15-/m0/s1. The predicted octanol–water partition coefficient (Wildman–Crippen LogP) is 4.20. The summed E-state index contributed by atoms with van der Waals surface area (Å²) < 4.78 is 49.8. The van der Waals surface area contributed by atoms with E-state index >= 15 is 0 Å². The third-order valence-electron chi connectivity index (χ3n) is 4.14. The van der Waals surface area contributed by atoms with Crippen molar-refractivity contribution < 1.29 is 27.4 Å². The average molecular weight is 385 g/mol. The van der Waals surface area contributed by atoms with Gasteiger partial charge in [-0.05, 0) is 24.3 Å². The molecule has 1 N–H and O–H groups in total. The van der Waals surface area contributed by atoms with Crippen LogP contribution in [0.4, 0.5) is 18.9 Å². The van der Waals surface area contributed by atoms with Gasteiger partial charge in [0.25, 0.3) is 5.91 Å². The first-order valence-electron chi connectivity index (χ1n) is 7.66. The second-order valence-electron chi connectivity index (χ2n) is 5.88. The van der Waals surface area contributed by atoms with Crippen molar-refractivity contribution in [1.29, 1.82) is 0 Å². The number of carbonyl (C=O) groups is 1. The van der Waals surface area contributed by atoms with Gasteiger partial charge in [-0.2, -0.15) is 13.2 Å². The van der Waals surface area contributed by atoms with Crippen LogP contribution in [0.5, 0.6) is 11.5 Å². The van der Waals surface area contributed by atoms with Gasteiger partial charge in [-0.3, -0.25) is 4.79 Å². The molecule has 0 saturated heterocycles. The Morgan fingerprint density at radius 2 is 2.00 bits per heavy atom. The minimum Gasteiger partial charge on any atom is -0.454 e. The molecule has 2 aromatic carbocycles. The number of ether oxygens (including phenoxy) is 2. The fourth-order valence-electron chi connectivity index (χ4n) is 3.06. The number of carbonyl (C=O) groups excluding carboxylic acids is 1. The molecule has 0 saturated carbocycles. The van der Waals surface area contributed by atoms with Gasteiger partial charge in [-0.25, -0.2) is 0 Å². The predicted molar refractivity (Wildman–Crippen MR) is 87.5 cm³/mol. The molecule has 5 nitrogen and oxygen atoms in total. The van der Waals surface area contributed by atoms with Crippen LogP contribution in [0.3, 0.4) is 0 Å². The third kappa shape index (κ3) is 2.90. The summed E-state index contributed by atoms with van der Waals surface area (Å²) in [5, 5.41) is 3.19. The third-order valence-corrected chi connectivity index (χ3v) is 4.42. The summed E-state index contributed by atoms with van der Waals surface area (Å²) in [5.41, 5.74) is 1.00. The summed E-state index contributed by atoms with van der Waals surface area (Å²) >= 11 is 6.15. The van der Waals surface area contributed by atoms with Crippen molar-refractivity contribution in [3.8, 4) is 11.5 Å². The number of hydrogen-bond acceptors (Lipinski definition) is 4. The topological polar surface area (TPSA) is 50.8 Å². The van der Waals surface area contributed by atoms with Gasteiger partial charge in [0.05, 0.1) is 10.6 Å². The maximum Gasteiger partial charge on any atom is 0.406 e. The van der Waals surface area contributed by atoms with E-state index in [2.05, 4.69) is 5.32 Å². The molecule has 2 heterocycles. The van der Waals surface area contributed by atoms with E-state index in [1.165, 1.54) is 18.2 Å². The van der Waals surface area contributed by atoms with E-state index in [0.717, 1.165) is 4.90 Å². The largest absolute Gasteiger partial charge is 0.454 e. The van der Waals surface area contributed by atoms with Crippen molar-refractivity contribution in [2.24, 2.45) is 0 Å². The number of anilines is 1. The van der Waals surface area contributed by atoms with E-state index in [-0.39, 0.29) is 17.4 Å². The minimum absolute atomic E-state index is 0.0232. The Morgan fingerprint density at radius 3 is 2.77 bits per heavy atom. The number of amides is 1. The molecule has 136 valence electrons. The number of nitrogens with one attached hydrogen (secondary N) is 1. The van der Waals surface area contributed by atoms with Gasteiger partial charge >= 0.3 is 6.18 Å². The van der Waals surface area contributed by atoms with Gasteiger partial charge in [-0.15, -0.1) is 0 Å². The molecule has 1 amide bonds. The highest BCUT2D eigenvalue weighted by Gasteiger charge is 2.41. The number of nitrogens with zero attached hydrogens (tertiary/aromatic N) is 1. The number of rotatable bonds is 2. The van der Waals surface area contributed by atoms with E-state index in [1.54, 1.807) is 18.2 Å². The van der Waals surface area contributed by atoms with Crippen molar-refractivity contribution in [3.05, 3.63) is 52.5 Å². The summed E-state index contributed by atoms with van der Waals surface area (Å²) in [4.78, 5) is 13.4.